The van der Waals surface area contributed by atoms with E-state index in [-0.39, 0.29) is 18.2 Å². The van der Waals surface area contributed by atoms with Crippen LogP contribution in [0.2, 0.25) is 0 Å². The van der Waals surface area contributed by atoms with Crippen molar-refractivity contribution in [1.29, 1.82) is 0 Å². The Bertz CT molecular complexity index is 467. The largest absolute Gasteiger partial charge is 0.490 e. The first-order valence-corrected chi connectivity index (χ1v) is 6.81. The van der Waals surface area contributed by atoms with E-state index in [0.717, 1.165) is 5.56 Å². The number of benzene rings is 1. The zero-order chi connectivity index (χ0) is 13.5. The average Bonchev–Trinajstić information content (AvgIpc) is 2.92. The van der Waals surface area contributed by atoms with Crippen LogP contribution in [0.1, 0.15) is 37.7 Å². The van der Waals surface area contributed by atoms with Gasteiger partial charge in [0.05, 0.1) is 13.2 Å². The Morgan fingerprint density at radius 2 is 2.11 bits per heavy atom. The van der Waals surface area contributed by atoms with Crippen LogP contribution in [0.4, 0.5) is 4.39 Å². The molecule has 0 radical (unpaired) electrons. The smallest absolute Gasteiger partial charge is 0.165 e. The van der Waals surface area contributed by atoms with Crippen molar-refractivity contribution in [1.82, 2.24) is 0 Å². The summed E-state index contributed by atoms with van der Waals surface area (Å²) in [5, 5.41) is 8.66. The zero-order valence-corrected chi connectivity index (χ0v) is 11.0. The number of halogens is 1. The monoisotopic (exact) mass is 262 g/mol. The molecule has 102 valence electrons. The lowest BCUT2D eigenvalue weighted by molar-refractivity contribution is 0.242. The van der Waals surface area contributed by atoms with Crippen molar-refractivity contribution in [3.8, 4) is 17.6 Å². The summed E-state index contributed by atoms with van der Waals surface area (Å²) in [5.74, 6) is 6.20. The summed E-state index contributed by atoms with van der Waals surface area (Å²) in [6, 6.07) is 4.64. The zero-order valence-electron chi connectivity index (χ0n) is 11.0. The molecule has 3 heteroatoms. The number of aliphatic hydroxyl groups is 1. The number of hydrogen-bond acceptors (Lipinski definition) is 2. The predicted octanol–water partition coefficient (Wildman–Crippen LogP) is 3.13. The second-order valence-corrected chi connectivity index (χ2v) is 4.88. The van der Waals surface area contributed by atoms with Crippen LogP contribution in [0.3, 0.4) is 0 Å². The van der Waals surface area contributed by atoms with Gasteiger partial charge in [0.25, 0.3) is 0 Å². The molecular weight excluding hydrogens is 243 g/mol. The SMILES string of the molecule is OCCC#Cc1ccc(F)c(OCC2CCCC2)c1. The Morgan fingerprint density at radius 3 is 2.84 bits per heavy atom. The highest BCUT2D eigenvalue weighted by atomic mass is 19.1. The summed E-state index contributed by atoms with van der Waals surface area (Å²) in [7, 11) is 0. The van der Waals surface area contributed by atoms with Crippen molar-refractivity contribution in [3.63, 3.8) is 0 Å². The van der Waals surface area contributed by atoms with Gasteiger partial charge in [-0.25, -0.2) is 4.39 Å². The molecule has 1 aromatic carbocycles. The van der Waals surface area contributed by atoms with Crippen molar-refractivity contribution in [2.75, 3.05) is 13.2 Å². The first-order valence-electron chi connectivity index (χ1n) is 6.81. The second kappa shape index (κ2) is 7.16. The molecule has 0 atom stereocenters. The fourth-order valence-electron chi connectivity index (χ4n) is 2.30. The Morgan fingerprint density at radius 1 is 1.32 bits per heavy atom. The van der Waals surface area contributed by atoms with Crippen molar-refractivity contribution in [2.24, 2.45) is 5.92 Å². The van der Waals surface area contributed by atoms with Gasteiger partial charge >= 0.3 is 0 Å². The van der Waals surface area contributed by atoms with Gasteiger partial charge in [-0.1, -0.05) is 24.7 Å². The topological polar surface area (TPSA) is 29.5 Å². The Kier molecular flexibility index (Phi) is 5.23. The number of aliphatic hydroxyl groups excluding tert-OH is 1. The molecule has 2 rings (SSSR count). The van der Waals surface area contributed by atoms with Crippen LogP contribution in [0.15, 0.2) is 18.2 Å². The molecule has 0 saturated heterocycles. The van der Waals surface area contributed by atoms with Gasteiger partial charge in [0.15, 0.2) is 11.6 Å². The maximum Gasteiger partial charge on any atom is 0.165 e. The average molecular weight is 262 g/mol. The van der Waals surface area contributed by atoms with Crippen LogP contribution < -0.4 is 4.74 Å². The molecule has 0 heterocycles. The third kappa shape index (κ3) is 4.25. The van der Waals surface area contributed by atoms with Gasteiger partial charge in [0.1, 0.15) is 0 Å². The Hall–Kier alpha value is -1.53. The molecule has 0 spiro atoms. The summed E-state index contributed by atoms with van der Waals surface area (Å²) in [6.07, 6.45) is 5.29. The highest BCUT2D eigenvalue weighted by molar-refractivity contribution is 5.40. The first kappa shape index (κ1) is 13.9. The third-order valence-corrected chi connectivity index (χ3v) is 3.35. The van der Waals surface area contributed by atoms with E-state index in [1.165, 1.54) is 31.7 Å². The molecule has 1 aromatic rings. The first-order chi connectivity index (χ1) is 9.29. The Labute approximate surface area is 113 Å². The summed E-state index contributed by atoms with van der Waals surface area (Å²) in [6.45, 7) is 0.629. The molecule has 0 aliphatic heterocycles. The Balaban J connectivity index is 1.98. The van der Waals surface area contributed by atoms with Crippen molar-refractivity contribution in [2.45, 2.75) is 32.1 Å². The van der Waals surface area contributed by atoms with E-state index in [2.05, 4.69) is 11.8 Å². The van der Waals surface area contributed by atoms with Gasteiger partial charge in [-0.3, -0.25) is 0 Å². The fourth-order valence-corrected chi connectivity index (χ4v) is 2.30. The normalized spacial score (nSPS) is 15.1. The molecule has 1 N–H and O–H groups in total. The molecule has 0 amide bonds. The maximum atomic E-state index is 13.6. The van der Waals surface area contributed by atoms with Crippen LogP contribution in [-0.4, -0.2) is 18.3 Å². The van der Waals surface area contributed by atoms with E-state index in [1.54, 1.807) is 12.1 Å². The summed E-state index contributed by atoms with van der Waals surface area (Å²) in [4.78, 5) is 0. The molecule has 1 aliphatic rings. The van der Waals surface area contributed by atoms with Crippen molar-refractivity contribution < 1.29 is 14.2 Å². The van der Waals surface area contributed by atoms with E-state index in [4.69, 9.17) is 9.84 Å². The fraction of sp³-hybridized carbons (Fsp3) is 0.500. The van der Waals surface area contributed by atoms with Gasteiger partial charge in [-0.15, -0.1) is 0 Å². The van der Waals surface area contributed by atoms with E-state index in [1.807, 2.05) is 0 Å². The summed E-state index contributed by atoms with van der Waals surface area (Å²) in [5.41, 5.74) is 0.719. The van der Waals surface area contributed by atoms with Gasteiger partial charge in [0, 0.05) is 12.0 Å². The highest BCUT2D eigenvalue weighted by Crippen LogP contribution is 2.26. The van der Waals surface area contributed by atoms with Crippen molar-refractivity contribution in [3.05, 3.63) is 29.6 Å². The number of hydrogen-bond donors (Lipinski definition) is 1. The minimum absolute atomic E-state index is 0.0409. The summed E-state index contributed by atoms with van der Waals surface area (Å²) >= 11 is 0. The molecule has 0 unspecified atom stereocenters. The molecule has 2 nitrogen and oxygen atoms in total. The molecule has 0 bridgehead atoms. The molecular formula is C16H19FO2. The van der Waals surface area contributed by atoms with Crippen LogP contribution in [0.25, 0.3) is 0 Å². The second-order valence-electron chi connectivity index (χ2n) is 4.88. The van der Waals surface area contributed by atoms with Gasteiger partial charge in [0.2, 0.25) is 0 Å². The van der Waals surface area contributed by atoms with E-state index < -0.39 is 0 Å². The predicted molar refractivity (Wildman–Crippen MR) is 72.4 cm³/mol. The molecule has 19 heavy (non-hydrogen) atoms. The maximum absolute atomic E-state index is 13.6. The van der Waals surface area contributed by atoms with E-state index >= 15 is 0 Å². The molecule has 1 fully saturated rings. The number of rotatable bonds is 4. The minimum atomic E-state index is -0.342. The van der Waals surface area contributed by atoms with Crippen LogP contribution in [-0.2, 0) is 0 Å². The van der Waals surface area contributed by atoms with Crippen molar-refractivity contribution >= 4 is 0 Å². The summed E-state index contributed by atoms with van der Waals surface area (Å²) < 4.78 is 19.2. The van der Waals surface area contributed by atoms with E-state index in [0.29, 0.717) is 18.9 Å². The number of ether oxygens (including phenoxy) is 1. The van der Waals surface area contributed by atoms with Gasteiger partial charge in [-0.05, 0) is 37.0 Å². The van der Waals surface area contributed by atoms with Gasteiger partial charge in [-0.2, -0.15) is 0 Å². The van der Waals surface area contributed by atoms with Crippen LogP contribution >= 0.6 is 0 Å². The van der Waals surface area contributed by atoms with Crippen LogP contribution in [0.5, 0.6) is 5.75 Å². The highest BCUT2D eigenvalue weighted by Gasteiger charge is 2.16. The third-order valence-electron chi connectivity index (χ3n) is 3.35. The standard InChI is InChI=1S/C16H19FO2/c17-15-9-8-13(5-3-4-10-18)11-16(15)19-12-14-6-1-2-7-14/h8-9,11,14,18H,1-2,4,6-7,10,12H2. The molecule has 1 aliphatic carbocycles. The quantitative estimate of drug-likeness (QED) is 0.845. The lowest BCUT2D eigenvalue weighted by atomic mass is 10.1. The molecule has 1 saturated carbocycles. The van der Waals surface area contributed by atoms with E-state index in [9.17, 15) is 4.39 Å². The van der Waals surface area contributed by atoms with Crippen LogP contribution in [0, 0.1) is 23.6 Å². The lowest BCUT2D eigenvalue weighted by Crippen LogP contribution is -2.09. The van der Waals surface area contributed by atoms with Gasteiger partial charge < -0.3 is 9.84 Å². The molecule has 0 aromatic heterocycles. The minimum Gasteiger partial charge on any atom is -0.490 e. The lowest BCUT2D eigenvalue weighted by Gasteiger charge is -2.12.